The zero-order valence-corrected chi connectivity index (χ0v) is 15.4. The van der Waals surface area contributed by atoms with Crippen LogP contribution in [0.15, 0.2) is 24.8 Å². The lowest BCUT2D eigenvalue weighted by molar-refractivity contribution is 0.213. The average Bonchev–Trinajstić information content (AvgIpc) is 3.07. The number of nitrogens with zero attached hydrogens (tertiary/aromatic N) is 3. The third kappa shape index (κ3) is 2.90. The van der Waals surface area contributed by atoms with Crippen molar-refractivity contribution in [3.05, 3.63) is 30.3 Å². The second-order valence-corrected chi connectivity index (χ2v) is 12.5. The predicted octanol–water partition coefficient (Wildman–Crippen LogP) is 3.13. The van der Waals surface area contributed by atoms with Crippen LogP contribution in [0.25, 0.3) is 11.2 Å². The number of rotatable bonds is 3. The van der Waals surface area contributed by atoms with E-state index in [1.54, 1.807) is 12.7 Å². The van der Waals surface area contributed by atoms with Crippen LogP contribution in [-0.4, -0.2) is 33.9 Å². The van der Waals surface area contributed by atoms with E-state index in [-0.39, 0.29) is 22.7 Å². The molecule has 0 amide bonds. The van der Waals surface area contributed by atoms with Crippen molar-refractivity contribution in [3.8, 4) is 0 Å². The second-order valence-electron chi connectivity index (χ2n) is 7.71. The topological polar surface area (TPSA) is 79.6 Å². The minimum absolute atomic E-state index is 0.137. The molecule has 124 valence electrons. The first-order chi connectivity index (χ1) is 10.7. The molecule has 0 saturated carbocycles. The number of H-pyrrole nitrogens is 1. The first-order valence-corrected chi connectivity index (χ1v) is 10.9. The molecule has 2 N–H and O–H groups in total. The number of aromatic nitrogens is 4. The van der Waals surface area contributed by atoms with E-state index in [2.05, 4.69) is 61.0 Å². The second kappa shape index (κ2) is 5.42. The van der Waals surface area contributed by atoms with E-state index in [9.17, 15) is 0 Å². The van der Waals surface area contributed by atoms with Gasteiger partial charge in [-0.15, -0.1) is 0 Å². The molecular formula is C16H25N5OSi. The number of imidazole rings is 1. The van der Waals surface area contributed by atoms with E-state index in [4.69, 9.17) is 9.84 Å². The van der Waals surface area contributed by atoms with Gasteiger partial charge in [-0.25, -0.2) is 9.97 Å². The first-order valence-electron chi connectivity index (χ1n) is 8.00. The highest BCUT2D eigenvalue weighted by Gasteiger charge is 2.39. The van der Waals surface area contributed by atoms with Crippen molar-refractivity contribution in [2.75, 3.05) is 0 Å². The Morgan fingerprint density at radius 3 is 2.74 bits per heavy atom. The van der Waals surface area contributed by atoms with Gasteiger partial charge in [0.15, 0.2) is 19.5 Å². The molecule has 6 nitrogen and oxygen atoms in total. The van der Waals surface area contributed by atoms with Gasteiger partial charge in [-0.05, 0) is 18.1 Å². The minimum atomic E-state index is -1.78. The third-order valence-electron chi connectivity index (χ3n) is 5.04. The number of hydrogen-bond donors (Lipinski definition) is 2. The van der Waals surface area contributed by atoms with Gasteiger partial charge in [-0.3, -0.25) is 5.41 Å². The first kappa shape index (κ1) is 16.1. The summed E-state index contributed by atoms with van der Waals surface area (Å²) < 4.78 is 8.51. The molecule has 23 heavy (non-hydrogen) atoms. The van der Waals surface area contributed by atoms with Gasteiger partial charge in [0.25, 0.3) is 0 Å². The number of nitrogens with one attached hydrogen (secondary N) is 2. The van der Waals surface area contributed by atoms with Crippen molar-refractivity contribution >= 4 is 19.5 Å². The fourth-order valence-corrected chi connectivity index (χ4v) is 3.92. The fraction of sp³-hybridized carbons (Fsp3) is 0.562. The van der Waals surface area contributed by atoms with Gasteiger partial charge < -0.3 is 14.0 Å². The smallest absolute Gasteiger partial charge is 0.192 e. The molecule has 0 aliphatic heterocycles. The number of aromatic amines is 1. The molecule has 0 fully saturated rings. The van der Waals surface area contributed by atoms with Gasteiger partial charge in [0.1, 0.15) is 5.52 Å². The lowest BCUT2D eigenvalue weighted by Crippen LogP contribution is -2.43. The Hall–Kier alpha value is -1.73. The van der Waals surface area contributed by atoms with Gasteiger partial charge in [0, 0.05) is 6.42 Å². The van der Waals surface area contributed by atoms with Gasteiger partial charge in [-0.2, -0.15) is 0 Å². The third-order valence-corrected chi connectivity index (χ3v) is 9.55. The molecule has 2 heterocycles. The highest BCUT2D eigenvalue weighted by molar-refractivity contribution is 6.74. The molecule has 0 saturated heterocycles. The SMILES string of the molecule is CC(C)(C)[Si](C)(C)O[C@H]1C=C[C@@H](n2cnc(=N)c3[nH]cnc32)C1. The largest absolute Gasteiger partial charge is 0.410 e. The Bertz CT molecular complexity index is 799. The lowest BCUT2D eigenvalue weighted by atomic mass is 10.2. The maximum atomic E-state index is 7.84. The summed E-state index contributed by atoms with van der Waals surface area (Å²) in [6, 6.07) is 0.170. The number of fused-ring (bicyclic) bond motifs is 1. The zero-order valence-electron chi connectivity index (χ0n) is 14.4. The summed E-state index contributed by atoms with van der Waals surface area (Å²) in [5, 5.41) is 8.05. The van der Waals surface area contributed by atoms with Crippen LogP contribution >= 0.6 is 0 Å². The summed E-state index contributed by atoms with van der Waals surface area (Å²) in [5.41, 5.74) is 1.67. The van der Waals surface area contributed by atoms with Crippen LogP contribution in [-0.2, 0) is 4.43 Å². The van der Waals surface area contributed by atoms with E-state index in [1.807, 2.05) is 4.57 Å². The van der Waals surface area contributed by atoms with E-state index in [0.717, 1.165) is 12.1 Å². The van der Waals surface area contributed by atoms with Crippen LogP contribution in [0.4, 0.5) is 0 Å². The molecule has 7 heteroatoms. The number of hydrogen-bond acceptors (Lipinski definition) is 4. The summed E-state index contributed by atoms with van der Waals surface area (Å²) in [5.74, 6) is 0. The van der Waals surface area contributed by atoms with Crippen molar-refractivity contribution in [1.82, 2.24) is 19.5 Å². The molecule has 0 aromatic carbocycles. The molecule has 0 unspecified atom stereocenters. The molecule has 2 aromatic rings. The molecule has 3 rings (SSSR count). The van der Waals surface area contributed by atoms with Crippen LogP contribution in [0.3, 0.4) is 0 Å². The highest BCUT2D eigenvalue weighted by atomic mass is 28.4. The van der Waals surface area contributed by atoms with E-state index < -0.39 is 8.32 Å². The van der Waals surface area contributed by atoms with Crippen molar-refractivity contribution in [2.45, 2.75) is 57.5 Å². The molecular weight excluding hydrogens is 306 g/mol. The molecule has 0 spiro atoms. The van der Waals surface area contributed by atoms with Crippen LogP contribution in [0.2, 0.25) is 18.1 Å². The summed E-state index contributed by atoms with van der Waals surface area (Å²) in [6.07, 6.45) is 8.66. The van der Waals surface area contributed by atoms with Crippen molar-refractivity contribution < 1.29 is 4.43 Å². The zero-order chi connectivity index (χ0) is 16.8. The van der Waals surface area contributed by atoms with Crippen LogP contribution in [0.1, 0.15) is 33.2 Å². The fourth-order valence-electron chi connectivity index (χ4n) is 2.64. The number of allylic oxidation sites excluding steroid dienone is 1. The van der Waals surface area contributed by atoms with Gasteiger partial charge in [0.2, 0.25) is 0 Å². The maximum Gasteiger partial charge on any atom is 0.192 e. The quantitative estimate of drug-likeness (QED) is 0.670. The maximum absolute atomic E-state index is 7.84. The van der Waals surface area contributed by atoms with E-state index in [1.165, 1.54) is 0 Å². The van der Waals surface area contributed by atoms with Gasteiger partial charge >= 0.3 is 0 Å². The summed E-state index contributed by atoms with van der Waals surface area (Å²) in [7, 11) is -1.78. The summed E-state index contributed by atoms with van der Waals surface area (Å²) in [4.78, 5) is 11.5. The van der Waals surface area contributed by atoms with Crippen molar-refractivity contribution in [2.24, 2.45) is 0 Å². The molecule has 2 atom stereocenters. The average molecular weight is 331 g/mol. The lowest BCUT2D eigenvalue weighted by Gasteiger charge is -2.38. The standard InChI is InChI=1S/C16H25N5OSi/c1-16(2,3)23(4,5)22-12-7-6-11(8-12)21-10-20-14(17)13-15(21)19-9-18-13/h6-7,9-12,17H,8H2,1-5H3,(H,18,19)/t11-,12+/m1/s1. The van der Waals surface area contributed by atoms with Crippen LogP contribution in [0, 0.1) is 5.41 Å². The van der Waals surface area contributed by atoms with Crippen molar-refractivity contribution in [3.63, 3.8) is 0 Å². The predicted molar refractivity (Wildman–Crippen MR) is 92.6 cm³/mol. The molecule has 0 bridgehead atoms. The van der Waals surface area contributed by atoms with Gasteiger partial charge in [-0.1, -0.05) is 32.9 Å². The Kier molecular flexibility index (Phi) is 3.80. The summed E-state index contributed by atoms with van der Waals surface area (Å²) in [6.45, 7) is 11.3. The Morgan fingerprint density at radius 1 is 1.30 bits per heavy atom. The van der Waals surface area contributed by atoms with Gasteiger partial charge in [0.05, 0.1) is 24.8 Å². The normalized spacial score (nSPS) is 22.1. The van der Waals surface area contributed by atoms with Crippen LogP contribution in [0.5, 0.6) is 0 Å². The van der Waals surface area contributed by atoms with E-state index >= 15 is 0 Å². The highest BCUT2D eigenvalue weighted by Crippen LogP contribution is 2.39. The monoisotopic (exact) mass is 331 g/mol. The Labute approximate surface area is 137 Å². The molecule has 1 aliphatic rings. The minimum Gasteiger partial charge on any atom is -0.410 e. The molecule has 0 radical (unpaired) electrons. The van der Waals surface area contributed by atoms with Crippen molar-refractivity contribution in [1.29, 1.82) is 5.41 Å². The van der Waals surface area contributed by atoms with E-state index in [0.29, 0.717) is 5.52 Å². The Morgan fingerprint density at radius 2 is 2.04 bits per heavy atom. The molecule has 2 aromatic heterocycles. The summed E-state index contributed by atoms with van der Waals surface area (Å²) >= 11 is 0. The van der Waals surface area contributed by atoms with Crippen LogP contribution < -0.4 is 5.49 Å². The molecule has 1 aliphatic carbocycles. The Balaban J connectivity index is 1.81.